The van der Waals surface area contributed by atoms with Crippen LogP contribution in [0.4, 0.5) is 11.4 Å². The number of nitrogens with one attached hydrogen (secondary N) is 2. The van der Waals surface area contributed by atoms with Crippen LogP contribution in [0.2, 0.25) is 0 Å². The van der Waals surface area contributed by atoms with Crippen molar-refractivity contribution >= 4 is 33.2 Å². The summed E-state index contributed by atoms with van der Waals surface area (Å²) in [6, 6.07) is 8.60. The lowest BCUT2D eigenvalue weighted by atomic mass is 10.3. The smallest absolute Gasteiger partial charge is 0.269 e. The summed E-state index contributed by atoms with van der Waals surface area (Å²) >= 11 is 3.32. The standard InChI is InChI=1S/C13H13BrN4O2/c1-15-11-6-13(20)18(16-7-11)8-12(19)17-10-4-2-3-9(14)5-10/h2-7,15H,8H2,1H3,(H,17,19). The van der Waals surface area contributed by atoms with E-state index in [2.05, 4.69) is 31.7 Å². The van der Waals surface area contributed by atoms with Crippen LogP contribution in [0.3, 0.4) is 0 Å². The highest BCUT2D eigenvalue weighted by Crippen LogP contribution is 2.15. The second-order valence-corrected chi connectivity index (χ2v) is 4.96. The van der Waals surface area contributed by atoms with Crippen LogP contribution in [0.5, 0.6) is 0 Å². The molecule has 0 aliphatic carbocycles. The van der Waals surface area contributed by atoms with E-state index in [1.165, 1.54) is 12.3 Å². The second kappa shape index (κ2) is 6.33. The molecule has 1 aromatic heterocycles. The van der Waals surface area contributed by atoms with Gasteiger partial charge >= 0.3 is 0 Å². The molecule has 0 aliphatic rings. The van der Waals surface area contributed by atoms with Gasteiger partial charge in [0.05, 0.1) is 11.9 Å². The minimum absolute atomic E-state index is 0.130. The molecule has 0 spiro atoms. The summed E-state index contributed by atoms with van der Waals surface area (Å²) in [4.78, 5) is 23.6. The van der Waals surface area contributed by atoms with Crippen molar-refractivity contribution in [2.75, 3.05) is 17.7 Å². The number of carbonyl (C=O) groups is 1. The highest BCUT2D eigenvalue weighted by atomic mass is 79.9. The van der Waals surface area contributed by atoms with E-state index in [4.69, 9.17) is 0 Å². The van der Waals surface area contributed by atoms with E-state index in [1.54, 1.807) is 19.2 Å². The Balaban J connectivity index is 2.07. The highest BCUT2D eigenvalue weighted by molar-refractivity contribution is 9.10. The zero-order valence-electron chi connectivity index (χ0n) is 10.8. The van der Waals surface area contributed by atoms with E-state index in [9.17, 15) is 9.59 Å². The normalized spacial score (nSPS) is 10.1. The molecular formula is C13H13BrN4O2. The number of benzene rings is 1. The molecule has 6 nitrogen and oxygen atoms in total. The van der Waals surface area contributed by atoms with Gasteiger partial charge in [-0.2, -0.15) is 5.10 Å². The van der Waals surface area contributed by atoms with Crippen molar-refractivity contribution in [3.63, 3.8) is 0 Å². The minimum atomic E-state index is -0.332. The van der Waals surface area contributed by atoms with Crippen LogP contribution in [-0.4, -0.2) is 22.7 Å². The summed E-state index contributed by atoms with van der Waals surface area (Å²) in [5.74, 6) is -0.310. The number of rotatable bonds is 4. The number of hydrogen-bond acceptors (Lipinski definition) is 4. The lowest BCUT2D eigenvalue weighted by Gasteiger charge is -2.07. The molecule has 0 unspecified atom stereocenters. The summed E-state index contributed by atoms with van der Waals surface area (Å²) in [5, 5.41) is 9.44. The Morgan fingerprint density at radius 3 is 2.80 bits per heavy atom. The average molecular weight is 337 g/mol. The van der Waals surface area contributed by atoms with Gasteiger partial charge in [0.25, 0.3) is 5.56 Å². The Bertz CT molecular complexity index is 684. The van der Waals surface area contributed by atoms with Gasteiger partial charge in [0.2, 0.25) is 5.91 Å². The van der Waals surface area contributed by atoms with Gasteiger partial charge in [-0.1, -0.05) is 22.0 Å². The molecular weight excluding hydrogens is 324 g/mol. The summed E-state index contributed by atoms with van der Waals surface area (Å²) in [7, 11) is 1.70. The third-order valence-electron chi connectivity index (χ3n) is 2.56. The molecule has 0 aliphatic heterocycles. The van der Waals surface area contributed by atoms with Crippen molar-refractivity contribution < 1.29 is 4.79 Å². The maximum atomic E-state index is 11.9. The van der Waals surface area contributed by atoms with Crippen LogP contribution >= 0.6 is 15.9 Å². The number of amides is 1. The SMILES string of the molecule is CNc1cnn(CC(=O)Nc2cccc(Br)c2)c(=O)c1. The summed E-state index contributed by atoms with van der Waals surface area (Å²) in [5.41, 5.74) is 0.934. The number of hydrogen-bond donors (Lipinski definition) is 2. The molecule has 1 amide bonds. The second-order valence-electron chi connectivity index (χ2n) is 4.05. The highest BCUT2D eigenvalue weighted by Gasteiger charge is 2.06. The summed E-state index contributed by atoms with van der Waals surface area (Å²) in [6.45, 7) is -0.130. The fourth-order valence-corrected chi connectivity index (χ4v) is 1.99. The third-order valence-corrected chi connectivity index (χ3v) is 3.05. The lowest BCUT2D eigenvalue weighted by Crippen LogP contribution is -2.29. The van der Waals surface area contributed by atoms with Crippen molar-refractivity contribution in [2.45, 2.75) is 6.54 Å². The van der Waals surface area contributed by atoms with Gasteiger partial charge < -0.3 is 10.6 Å². The zero-order chi connectivity index (χ0) is 14.5. The van der Waals surface area contributed by atoms with Gasteiger partial charge in [0.15, 0.2) is 0 Å². The lowest BCUT2D eigenvalue weighted by molar-refractivity contribution is -0.117. The Morgan fingerprint density at radius 2 is 2.15 bits per heavy atom. The molecule has 0 fully saturated rings. The number of nitrogens with zero attached hydrogens (tertiary/aromatic N) is 2. The fourth-order valence-electron chi connectivity index (χ4n) is 1.59. The molecule has 0 saturated heterocycles. The molecule has 1 aromatic carbocycles. The van der Waals surface area contributed by atoms with Crippen LogP contribution in [0.15, 0.2) is 45.8 Å². The predicted octanol–water partition coefficient (Wildman–Crippen LogP) is 1.69. The first-order valence-electron chi connectivity index (χ1n) is 5.89. The number of halogens is 1. The van der Waals surface area contributed by atoms with Gasteiger partial charge in [-0.3, -0.25) is 9.59 Å². The quantitative estimate of drug-likeness (QED) is 0.890. The first kappa shape index (κ1) is 14.3. The van der Waals surface area contributed by atoms with Crippen molar-refractivity contribution in [3.8, 4) is 0 Å². The molecule has 20 heavy (non-hydrogen) atoms. The molecule has 7 heteroatoms. The first-order chi connectivity index (χ1) is 9.58. The average Bonchev–Trinajstić information content (AvgIpc) is 2.41. The van der Waals surface area contributed by atoms with E-state index < -0.39 is 0 Å². The van der Waals surface area contributed by atoms with Gasteiger partial charge in [-0.15, -0.1) is 0 Å². The van der Waals surface area contributed by atoms with Crippen molar-refractivity contribution in [1.82, 2.24) is 9.78 Å². The first-order valence-corrected chi connectivity index (χ1v) is 6.68. The molecule has 2 aromatic rings. The fraction of sp³-hybridized carbons (Fsp3) is 0.154. The Morgan fingerprint density at radius 1 is 1.35 bits per heavy atom. The Labute approximate surface area is 123 Å². The van der Waals surface area contributed by atoms with Crippen LogP contribution in [0.1, 0.15) is 0 Å². The maximum absolute atomic E-state index is 11.9. The van der Waals surface area contributed by atoms with Gasteiger partial charge in [-0.05, 0) is 18.2 Å². The zero-order valence-corrected chi connectivity index (χ0v) is 12.3. The molecule has 0 atom stereocenters. The molecule has 0 radical (unpaired) electrons. The predicted molar refractivity (Wildman–Crippen MR) is 80.8 cm³/mol. The maximum Gasteiger partial charge on any atom is 0.269 e. The monoisotopic (exact) mass is 336 g/mol. The Hall–Kier alpha value is -2.15. The van der Waals surface area contributed by atoms with Crippen LogP contribution in [0, 0.1) is 0 Å². The Kier molecular flexibility index (Phi) is 4.52. The van der Waals surface area contributed by atoms with Crippen LogP contribution < -0.4 is 16.2 Å². The molecule has 0 bridgehead atoms. The van der Waals surface area contributed by atoms with Crippen LogP contribution in [-0.2, 0) is 11.3 Å². The number of carbonyl (C=O) groups excluding carboxylic acids is 1. The van der Waals surface area contributed by atoms with Gasteiger partial charge in [0.1, 0.15) is 6.54 Å². The van der Waals surface area contributed by atoms with Gasteiger partial charge in [-0.25, -0.2) is 4.68 Å². The van der Waals surface area contributed by atoms with Crippen molar-refractivity contribution in [1.29, 1.82) is 0 Å². The largest absolute Gasteiger partial charge is 0.387 e. The molecule has 0 saturated carbocycles. The van der Waals surface area contributed by atoms with E-state index in [0.29, 0.717) is 11.4 Å². The van der Waals surface area contributed by atoms with E-state index in [0.717, 1.165) is 9.15 Å². The summed E-state index contributed by atoms with van der Waals surface area (Å²) in [6.07, 6.45) is 1.49. The number of aromatic nitrogens is 2. The van der Waals surface area contributed by atoms with E-state index in [1.807, 2.05) is 12.1 Å². The van der Waals surface area contributed by atoms with Crippen molar-refractivity contribution in [2.24, 2.45) is 0 Å². The van der Waals surface area contributed by atoms with E-state index in [-0.39, 0.29) is 18.0 Å². The summed E-state index contributed by atoms with van der Waals surface area (Å²) < 4.78 is 1.97. The molecule has 2 rings (SSSR count). The minimum Gasteiger partial charge on any atom is -0.387 e. The molecule has 104 valence electrons. The number of anilines is 2. The van der Waals surface area contributed by atoms with Crippen LogP contribution in [0.25, 0.3) is 0 Å². The van der Waals surface area contributed by atoms with E-state index >= 15 is 0 Å². The molecule has 1 heterocycles. The topological polar surface area (TPSA) is 76.0 Å². The van der Waals surface area contributed by atoms with Crippen molar-refractivity contribution in [3.05, 3.63) is 51.4 Å². The third kappa shape index (κ3) is 3.67. The van der Waals surface area contributed by atoms with Gasteiger partial charge in [0, 0.05) is 23.3 Å². The molecule has 2 N–H and O–H groups in total.